The Morgan fingerprint density at radius 3 is 2.13 bits per heavy atom. The number of ketones is 1. The maximum absolute atomic E-state index is 12.4. The van der Waals surface area contributed by atoms with E-state index < -0.39 is 12.0 Å². The van der Waals surface area contributed by atoms with Crippen molar-refractivity contribution < 1.29 is 24.5 Å². The van der Waals surface area contributed by atoms with E-state index in [0.717, 1.165) is 31.1 Å². The highest BCUT2D eigenvalue weighted by molar-refractivity contribution is 5.98. The van der Waals surface area contributed by atoms with Crippen LogP contribution in [0.5, 0.6) is 0 Å². The van der Waals surface area contributed by atoms with Crippen LogP contribution in [0.3, 0.4) is 0 Å². The Hall–Kier alpha value is -1.72. The molecule has 0 aliphatic carbocycles. The fourth-order valence-corrected chi connectivity index (χ4v) is 3.10. The van der Waals surface area contributed by atoms with E-state index in [9.17, 15) is 14.7 Å². The molecule has 1 aliphatic rings. The van der Waals surface area contributed by atoms with Crippen molar-refractivity contribution in [2.75, 3.05) is 33.2 Å². The van der Waals surface area contributed by atoms with E-state index in [1.165, 1.54) is 10.5 Å². The molecule has 1 heterocycles. The summed E-state index contributed by atoms with van der Waals surface area (Å²) >= 11 is 0. The zero-order chi connectivity index (χ0) is 17.0. The summed E-state index contributed by atoms with van der Waals surface area (Å²) in [5.41, 5.74) is 1.76. The zero-order valence-corrected chi connectivity index (χ0v) is 14.2. The highest BCUT2D eigenvalue weighted by atomic mass is 16.4. The third kappa shape index (κ3) is 4.62. The summed E-state index contributed by atoms with van der Waals surface area (Å²) in [7, 11) is 2.10. The lowest BCUT2D eigenvalue weighted by Gasteiger charge is -2.33. The van der Waals surface area contributed by atoms with Gasteiger partial charge in [-0.1, -0.05) is 38.1 Å². The summed E-state index contributed by atoms with van der Waals surface area (Å²) in [4.78, 5) is 26.3. The summed E-state index contributed by atoms with van der Waals surface area (Å²) in [5, 5.41) is 11.5. The average Bonchev–Trinajstić information content (AvgIpc) is 2.53. The first-order valence-electron chi connectivity index (χ1n) is 8.38. The molecule has 1 saturated heterocycles. The van der Waals surface area contributed by atoms with Crippen LogP contribution in [0.1, 0.15) is 42.1 Å². The van der Waals surface area contributed by atoms with E-state index in [1.807, 2.05) is 12.1 Å². The van der Waals surface area contributed by atoms with E-state index in [-0.39, 0.29) is 12.2 Å². The first-order chi connectivity index (χ1) is 10.9. The molecule has 5 nitrogen and oxygen atoms in total. The van der Waals surface area contributed by atoms with Crippen LogP contribution in [0.2, 0.25) is 0 Å². The minimum absolute atomic E-state index is 0.0116. The van der Waals surface area contributed by atoms with Gasteiger partial charge < -0.3 is 19.7 Å². The normalized spacial score (nSPS) is 22.8. The van der Waals surface area contributed by atoms with Gasteiger partial charge in [-0.15, -0.1) is 0 Å². The topological polar surface area (TPSA) is 66.1 Å². The monoisotopic (exact) mass is 319 g/mol. The molecular weight excluding hydrogens is 292 g/mol. The Morgan fingerprint density at radius 1 is 1.09 bits per heavy atom. The van der Waals surface area contributed by atoms with Crippen molar-refractivity contribution in [3.8, 4) is 0 Å². The van der Waals surface area contributed by atoms with Gasteiger partial charge in [-0.2, -0.15) is 0 Å². The zero-order valence-electron chi connectivity index (χ0n) is 14.2. The SMILES string of the molecule is CC(C)c1ccc(C(=O)C[C@@H](C(=O)[O-])[NH+]2CC[NH+](C)CC2)cc1. The van der Waals surface area contributed by atoms with Crippen molar-refractivity contribution in [1.29, 1.82) is 0 Å². The smallest absolute Gasteiger partial charge is 0.169 e. The number of carbonyl (C=O) groups is 2. The van der Waals surface area contributed by atoms with Gasteiger partial charge in [0.25, 0.3) is 0 Å². The van der Waals surface area contributed by atoms with Crippen LogP contribution in [0.25, 0.3) is 0 Å². The van der Waals surface area contributed by atoms with Crippen LogP contribution in [0, 0.1) is 0 Å². The number of hydrogen-bond donors (Lipinski definition) is 2. The number of likely N-dealkylation sites (N-methyl/N-ethyl adjacent to an activating group) is 1. The molecule has 5 heteroatoms. The third-order valence-electron chi connectivity index (χ3n) is 4.81. The molecule has 0 saturated carbocycles. The van der Waals surface area contributed by atoms with Gasteiger partial charge in [0.1, 0.15) is 32.2 Å². The molecule has 1 fully saturated rings. The second kappa shape index (κ2) is 7.70. The lowest BCUT2D eigenvalue weighted by atomic mass is 9.97. The van der Waals surface area contributed by atoms with E-state index in [1.54, 1.807) is 12.1 Å². The van der Waals surface area contributed by atoms with Crippen LogP contribution in [0.4, 0.5) is 0 Å². The number of aliphatic carboxylic acids is 1. The number of carboxylic acids is 1. The molecule has 1 aromatic carbocycles. The van der Waals surface area contributed by atoms with Gasteiger partial charge in [0.15, 0.2) is 5.78 Å². The number of benzene rings is 1. The number of piperazine rings is 1. The molecule has 0 radical (unpaired) electrons. The molecule has 0 bridgehead atoms. The summed E-state index contributed by atoms with van der Waals surface area (Å²) in [6.45, 7) is 7.59. The fraction of sp³-hybridized carbons (Fsp3) is 0.556. The molecule has 1 aliphatic heterocycles. The molecule has 0 aromatic heterocycles. The molecular formula is C18H27N2O3+. The Balaban J connectivity index is 2.04. The Bertz CT molecular complexity index is 546. The first kappa shape index (κ1) is 17.6. The van der Waals surface area contributed by atoms with Gasteiger partial charge in [-0.25, -0.2) is 0 Å². The number of hydrogen-bond acceptors (Lipinski definition) is 3. The predicted octanol–water partition coefficient (Wildman–Crippen LogP) is -2.09. The lowest BCUT2D eigenvalue weighted by Crippen LogP contribution is -3.29. The van der Waals surface area contributed by atoms with E-state index in [4.69, 9.17) is 0 Å². The Labute approximate surface area is 137 Å². The van der Waals surface area contributed by atoms with Gasteiger partial charge in [0.2, 0.25) is 0 Å². The molecule has 0 amide bonds. The second-order valence-electron chi connectivity index (χ2n) is 6.89. The number of carbonyl (C=O) groups excluding carboxylic acids is 2. The fourth-order valence-electron chi connectivity index (χ4n) is 3.10. The second-order valence-corrected chi connectivity index (χ2v) is 6.89. The molecule has 23 heavy (non-hydrogen) atoms. The summed E-state index contributed by atoms with van der Waals surface area (Å²) in [6, 6.07) is 6.73. The van der Waals surface area contributed by atoms with Crippen molar-refractivity contribution in [1.82, 2.24) is 0 Å². The van der Waals surface area contributed by atoms with E-state index >= 15 is 0 Å². The predicted molar refractivity (Wildman–Crippen MR) is 85.6 cm³/mol. The maximum atomic E-state index is 12.4. The lowest BCUT2D eigenvalue weighted by molar-refractivity contribution is -1.01. The van der Waals surface area contributed by atoms with Gasteiger partial charge >= 0.3 is 0 Å². The average molecular weight is 319 g/mol. The minimum atomic E-state index is -1.12. The number of rotatable bonds is 6. The number of quaternary nitrogens is 2. The van der Waals surface area contributed by atoms with Crippen LogP contribution >= 0.6 is 0 Å². The van der Waals surface area contributed by atoms with Crippen molar-refractivity contribution in [2.24, 2.45) is 0 Å². The summed E-state index contributed by atoms with van der Waals surface area (Å²) in [6.07, 6.45) is 0.0116. The largest absolute Gasteiger partial charge is 0.544 e. The Morgan fingerprint density at radius 2 is 1.65 bits per heavy atom. The summed E-state index contributed by atoms with van der Waals surface area (Å²) in [5.74, 6) is -0.826. The van der Waals surface area contributed by atoms with Crippen molar-refractivity contribution in [3.63, 3.8) is 0 Å². The quantitative estimate of drug-likeness (QED) is 0.591. The standard InChI is InChI=1S/C18H26N2O3/c1-13(2)14-4-6-15(7-5-14)17(21)12-16(18(22)23)20-10-8-19(3)9-11-20/h4-7,13,16H,8-12H2,1-3H3,(H,22,23)/p+1/t16-/m0/s1. The van der Waals surface area contributed by atoms with Gasteiger partial charge in [-0.05, 0) is 11.5 Å². The van der Waals surface area contributed by atoms with Crippen LogP contribution in [-0.4, -0.2) is 51.0 Å². The molecule has 0 spiro atoms. The van der Waals surface area contributed by atoms with Crippen LogP contribution < -0.4 is 14.9 Å². The van der Waals surface area contributed by atoms with Gasteiger partial charge in [0, 0.05) is 5.56 Å². The minimum Gasteiger partial charge on any atom is -0.544 e. The maximum Gasteiger partial charge on any atom is 0.169 e. The van der Waals surface area contributed by atoms with Crippen LogP contribution in [0.15, 0.2) is 24.3 Å². The van der Waals surface area contributed by atoms with Crippen molar-refractivity contribution >= 4 is 11.8 Å². The van der Waals surface area contributed by atoms with E-state index in [0.29, 0.717) is 11.5 Å². The molecule has 1 aromatic rings. The molecule has 1 atom stereocenters. The number of carboxylic acid groups (broad SMARTS) is 1. The first-order valence-corrected chi connectivity index (χ1v) is 8.38. The Kier molecular flexibility index (Phi) is 5.91. The highest BCUT2D eigenvalue weighted by Crippen LogP contribution is 2.15. The van der Waals surface area contributed by atoms with Crippen molar-refractivity contribution in [2.45, 2.75) is 32.2 Å². The summed E-state index contributed by atoms with van der Waals surface area (Å²) < 4.78 is 0. The highest BCUT2D eigenvalue weighted by Gasteiger charge is 2.31. The molecule has 126 valence electrons. The van der Waals surface area contributed by atoms with Gasteiger partial charge in [-0.3, -0.25) is 4.79 Å². The van der Waals surface area contributed by atoms with Crippen molar-refractivity contribution in [3.05, 3.63) is 35.4 Å². The number of nitrogens with one attached hydrogen (secondary N) is 2. The molecule has 0 unspecified atom stereocenters. The molecule has 2 N–H and O–H groups in total. The molecule has 2 rings (SSSR count). The number of Topliss-reactive ketones (excluding diaryl/α,β-unsaturated/α-hetero) is 1. The van der Waals surface area contributed by atoms with E-state index in [2.05, 4.69) is 20.9 Å². The van der Waals surface area contributed by atoms with Crippen LogP contribution in [-0.2, 0) is 4.79 Å². The van der Waals surface area contributed by atoms with Gasteiger partial charge in [0.05, 0.1) is 19.4 Å². The third-order valence-corrected chi connectivity index (χ3v) is 4.81.